The minimum atomic E-state index is -4.50. The lowest BCUT2D eigenvalue weighted by molar-refractivity contribution is -0.138. The number of benzene rings is 1. The molecule has 0 bridgehead atoms. The van der Waals surface area contributed by atoms with Crippen molar-refractivity contribution in [1.29, 1.82) is 0 Å². The number of nitrogens with one attached hydrogen (secondary N) is 1. The molecule has 21 heavy (non-hydrogen) atoms. The average molecular weight is 378 g/mol. The number of carbonyl (C=O) groups excluding carboxylic acids is 1. The van der Waals surface area contributed by atoms with Gasteiger partial charge in [-0.3, -0.25) is 4.79 Å². The minimum Gasteiger partial charge on any atom is -0.347 e. The summed E-state index contributed by atoms with van der Waals surface area (Å²) in [7, 11) is 0. The van der Waals surface area contributed by atoms with Crippen LogP contribution >= 0.6 is 27.3 Å². The maximum absolute atomic E-state index is 12.8. The minimum absolute atomic E-state index is 0.0141. The van der Waals surface area contributed by atoms with Crippen LogP contribution in [0.2, 0.25) is 0 Å². The van der Waals surface area contributed by atoms with Gasteiger partial charge >= 0.3 is 6.18 Å². The van der Waals surface area contributed by atoms with Crippen molar-refractivity contribution in [2.24, 2.45) is 0 Å². The van der Waals surface area contributed by atoms with Gasteiger partial charge in [-0.15, -0.1) is 11.3 Å². The molecule has 0 saturated heterocycles. The zero-order chi connectivity index (χ0) is 15.6. The van der Waals surface area contributed by atoms with Crippen LogP contribution in [0.25, 0.3) is 0 Å². The Kier molecular flexibility index (Phi) is 4.73. The predicted octanol–water partition coefficient (Wildman–Crippen LogP) is 4.77. The number of hydrogen-bond acceptors (Lipinski definition) is 2. The van der Waals surface area contributed by atoms with Crippen molar-refractivity contribution in [2.45, 2.75) is 19.6 Å². The van der Waals surface area contributed by atoms with Gasteiger partial charge in [0, 0.05) is 14.9 Å². The number of hydrogen-bond donors (Lipinski definition) is 1. The fourth-order valence-electron chi connectivity index (χ4n) is 1.73. The van der Waals surface area contributed by atoms with Crippen molar-refractivity contribution in [3.05, 3.63) is 55.7 Å². The largest absolute Gasteiger partial charge is 0.417 e. The lowest BCUT2D eigenvalue weighted by atomic mass is 10.1. The van der Waals surface area contributed by atoms with Crippen LogP contribution in [-0.4, -0.2) is 5.91 Å². The first-order chi connectivity index (χ1) is 9.79. The van der Waals surface area contributed by atoms with E-state index in [4.69, 9.17) is 0 Å². The second-order valence-electron chi connectivity index (χ2n) is 4.40. The summed E-state index contributed by atoms with van der Waals surface area (Å²) in [5, 5.41) is 4.53. The molecule has 0 radical (unpaired) electrons. The number of amides is 1. The van der Waals surface area contributed by atoms with Gasteiger partial charge in [-0.2, -0.15) is 13.2 Å². The Hall–Kier alpha value is -1.34. The summed E-state index contributed by atoms with van der Waals surface area (Å²) >= 11 is 4.34. The average Bonchev–Trinajstić information content (AvgIpc) is 2.80. The summed E-state index contributed by atoms with van der Waals surface area (Å²) in [6.07, 6.45) is -4.50. The van der Waals surface area contributed by atoms with Crippen molar-refractivity contribution in [3.63, 3.8) is 0 Å². The summed E-state index contributed by atoms with van der Waals surface area (Å²) in [6.45, 7) is 2.22. The summed E-state index contributed by atoms with van der Waals surface area (Å²) in [4.78, 5) is 12.9. The van der Waals surface area contributed by atoms with Gasteiger partial charge in [0.2, 0.25) is 0 Å². The van der Waals surface area contributed by atoms with Crippen LogP contribution in [0.1, 0.15) is 26.4 Å². The molecule has 7 heteroatoms. The molecule has 0 aliphatic heterocycles. The number of thiophene rings is 1. The first-order valence-corrected chi connectivity index (χ1v) is 7.64. The third kappa shape index (κ3) is 3.85. The summed E-state index contributed by atoms with van der Waals surface area (Å²) in [6, 6.07) is 5.36. The van der Waals surface area contributed by atoms with E-state index in [0.29, 0.717) is 6.54 Å². The van der Waals surface area contributed by atoms with E-state index in [-0.39, 0.29) is 10.0 Å². The molecule has 1 amide bonds. The smallest absolute Gasteiger partial charge is 0.347 e. The number of halogens is 4. The van der Waals surface area contributed by atoms with Gasteiger partial charge in [-0.05, 0) is 42.1 Å². The van der Waals surface area contributed by atoms with E-state index in [0.717, 1.165) is 16.5 Å². The van der Waals surface area contributed by atoms with Crippen LogP contribution < -0.4 is 5.32 Å². The van der Waals surface area contributed by atoms with Crippen LogP contribution in [0.3, 0.4) is 0 Å². The molecule has 0 spiro atoms. The van der Waals surface area contributed by atoms with E-state index < -0.39 is 17.6 Å². The third-order valence-corrected chi connectivity index (χ3v) is 4.63. The molecule has 1 aromatic heterocycles. The second-order valence-corrected chi connectivity index (χ2v) is 6.26. The van der Waals surface area contributed by atoms with E-state index in [1.165, 1.54) is 23.5 Å². The highest BCUT2D eigenvalue weighted by atomic mass is 79.9. The first-order valence-electron chi connectivity index (χ1n) is 5.97. The van der Waals surface area contributed by atoms with Gasteiger partial charge in [0.25, 0.3) is 5.91 Å². The van der Waals surface area contributed by atoms with Crippen molar-refractivity contribution in [3.8, 4) is 0 Å². The monoisotopic (exact) mass is 377 g/mol. The molecule has 0 fully saturated rings. The van der Waals surface area contributed by atoms with Gasteiger partial charge in [0.15, 0.2) is 0 Å². The van der Waals surface area contributed by atoms with Crippen LogP contribution in [0.15, 0.2) is 34.1 Å². The number of aryl methyl sites for hydroxylation is 1. The topological polar surface area (TPSA) is 29.1 Å². The molecular weight excluding hydrogens is 367 g/mol. The molecular formula is C14H11BrF3NOS. The SMILES string of the molecule is Cc1ccsc1CNC(=O)c1ccc(Br)c(C(F)(F)F)c1. The molecule has 0 aliphatic carbocycles. The summed E-state index contributed by atoms with van der Waals surface area (Å²) in [5.74, 6) is -0.527. The predicted molar refractivity (Wildman–Crippen MR) is 79.4 cm³/mol. The Labute approximate surface area is 132 Å². The Morgan fingerprint density at radius 3 is 2.62 bits per heavy atom. The lowest BCUT2D eigenvalue weighted by Crippen LogP contribution is -2.23. The first kappa shape index (κ1) is 16.0. The highest BCUT2D eigenvalue weighted by Crippen LogP contribution is 2.35. The molecule has 2 aromatic rings. The Balaban J connectivity index is 2.15. The van der Waals surface area contributed by atoms with E-state index in [1.54, 1.807) is 0 Å². The Morgan fingerprint density at radius 1 is 1.33 bits per heavy atom. The lowest BCUT2D eigenvalue weighted by Gasteiger charge is -2.11. The summed E-state index contributed by atoms with van der Waals surface area (Å²) < 4.78 is 38.3. The second kappa shape index (κ2) is 6.19. The van der Waals surface area contributed by atoms with Crippen molar-refractivity contribution in [2.75, 3.05) is 0 Å². The molecule has 1 aromatic carbocycles. The molecule has 0 aliphatic rings. The quantitative estimate of drug-likeness (QED) is 0.819. The highest BCUT2D eigenvalue weighted by molar-refractivity contribution is 9.10. The zero-order valence-electron chi connectivity index (χ0n) is 10.9. The van der Waals surface area contributed by atoms with E-state index in [9.17, 15) is 18.0 Å². The highest BCUT2D eigenvalue weighted by Gasteiger charge is 2.33. The molecule has 1 heterocycles. The van der Waals surface area contributed by atoms with Gasteiger partial charge < -0.3 is 5.32 Å². The Morgan fingerprint density at radius 2 is 2.05 bits per heavy atom. The van der Waals surface area contributed by atoms with Gasteiger partial charge in [-0.1, -0.05) is 15.9 Å². The van der Waals surface area contributed by atoms with Crippen LogP contribution in [0.4, 0.5) is 13.2 Å². The van der Waals surface area contributed by atoms with Crippen molar-refractivity contribution in [1.82, 2.24) is 5.32 Å². The molecule has 0 atom stereocenters. The molecule has 0 saturated carbocycles. The van der Waals surface area contributed by atoms with E-state index in [1.807, 2.05) is 18.4 Å². The fourth-order valence-corrected chi connectivity index (χ4v) is 3.05. The molecule has 1 N–H and O–H groups in total. The number of rotatable bonds is 3. The number of alkyl halides is 3. The Bertz CT molecular complexity index is 666. The fraction of sp³-hybridized carbons (Fsp3) is 0.214. The van der Waals surface area contributed by atoms with Crippen molar-refractivity contribution < 1.29 is 18.0 Å². The van der Waals surface area contributed by atoms with Gasteiger partial charge in [-0.25, -0.2) is 0 Å². The molecule has 0 unspecified atom stereocenters. The van der Waals surface area contributed by atoms with Gasteiger partial charge in [0.1, 0.15) is 0 Å². The number of carbonyl (C=O) groups is 1. The zero-order valence-corrected chi connectivity index (χ0v) is 13.3. The maximum atomic E-state index is 12.8. The normalized spacial score (nSPS) is 11.5. The summed E-state index contributed by atoms with van der Waals surface area (Å²) in [5.41, 5.74) is 0.175. The van der Waals surface area contributed by atoms with Crippen LogP contribution in [0.5, 0.6) is 0 Å². The van der Waals surface area contributed by atoms with Crippen LogP contribution in [0, 0.1) is 6.92 Å². The standard InChI is InChI=1S/C14H11BrF3NOS/c1-8-4-5-21-12(8)7-19-13(20)9-2-3-11(15)10(6-9)14(16,17)18/h2-6H,7H2,1H3,(H,19,20). The molecule has 2 rings (SSSR count). The molecule has 2 nitrogen and oxygen atoms in total. The molecule has 112 valence electrons. The maximum Gasteiger partial charge on any atom is 0.417 e. The van der Waals surface area contributed by atoms with Crippen LogP contribution in [-0.2, 0) is 12.7 Å². The van der Waals surface area contributed by atoms with Crippen molar-refractivity contribution >= 4 is 33.2 Å². The van der Waals surface area contributed by atoms with E-state index >= 15 is 0 Å². The van der Waals surface area contributed by atoms with Gasteiger partial charge in [0.05, 0.1) is 12.1 Å². The third-order valence-electron chi connectivity index (χ3n) is 2.91. The van der Waals surface area contributed by atoms with E-state index in [2.05, 4.69) is 21.2 Å².